The Hall–Kier alpha value is -1.69. The third kappa shape index (κ3) is 3.89. The van der Waals surface area contributed by atoms with E-state index in [1.165, 1.54) is 0 Å². The lowest BCUT2D eigenvalue weighted by molar-refractivity contribution is 0.0696. The molecule has 0 unspecified atom stereocenters. The van der Waals surface area contributed by atoms with Crippen LogP contribution in [0.4, 0.5) is 5.82 Å². The Bertz CT molecular complexity index is 435. The second-order valence-electron chi connectivity index (χ2n) is 3.98. The number of carbonyl (C=O) groups is 1. The van der Waals surface area contributed by atoms with E-state index in [2.05, 4.69) is 15.5 Å². The fourth-order valence-corrected chi connectivity index (χ4v) is 1.91. The van der Waals surface area contributed by atoms with Crippen LogP contribution in [-0.4, -0.2) is 41.0 Å². The lowest BCUT2D eigenvalue weighted by atomic mass is 10.0. The largest absolute Gasteiger partial charge is 0.478 e. The van der Waals surface area contributed by atoms with E-state index in [4.69, 9.17) is 4.74 Å². The van der Waals surface area contributed by atoms with Gasteiger partial charge in [0.2, 0.25) is 0 Å². The number of rotatable bonds is 8. The number of carboxylic acid groups (broad SMARTS) is 1. The van der Waals surface area contributed by atoms with Crippen molar-refractivity contribution in [3.63, 3.8) is 0 Å². The molecular weight excluding hydrogens is 246 g/mol. The molecule has 1 heterocycles. The predicted molar refractivity (Wildman–Crippen MR) is 72.7 cm³/mol. The van der Waals surface area contributed by atoms with Crippen LogP contribution in [0.1, 0.15) is 42.4 Å². The molecular formula is C13H21N3O3. The van der Waals surface area contributed by atoms with E-state index in [1.54, 1.807) is 0 Å². The summed E-state index contributed by atoms with van der Waals surface area (Å²) in [5.74, 6) is -0.651. The van der Waals surface area contributed by atoms with Crippen molar-refractivity contribution in [2.24, 2.45) is 0 Å². The van der Waals surface area contributed by atoms with Gasteiger partial charge < -0.3 is 15.2 Å². The van der Waals surface area contributed by atoms with Gasteiger partial charge in [0.25, 0.3) is 0 Å². The highest BCUT2D eigenvalue weighted by atomic mass is 16.5. The quantitative estimate of drug-likeness (QED) is 0.698. The highest BCUT2D eigenvalue weighted by Crippen LogP contribution is 2.20. The summed E-state index contributed by atoms with van der Waals surface area (Å²) in [6, 6.07) is 0. The number of hydrogen-bond acceptors (Lipinski definition) is 5. The van der Waals surface area contributed by atoms with Gasteiger partial charge in [0.1, 0.15) is 5.56 Å². The van der Waals surface area contributed by atoms with Crippen LogP contribution in [0.25, 0.3) is 0 Å². The van der Waals surface area contributed by atoms with Crippen LogP contribution in [-0.2, 0) is 17.6 Å². The van der Waals surface area contributed by atoms with E-state index in [0.29, 0.717) is 38.4 Å². The molecule has 106 valence electrons. The van der Waals surface area contributed by atoms with Gasteiger partial charge in [-0.1, -0.05) is 13.8 Å². The molecule has 0 aromatic carbocycles. The maximum absolute atomic E-state index is 11.4. The van der Waals surface area contributed by atoms with Gasteiger partial charge in [-0.2, -0.15) is 5.10 Å². The molecule has 0 atom stereocenters. The summed E-state index contributed by atoms with van der Waals surface area (Å²) >= 11 is 0. The molecule has 6 nitrogen and oxygen atoms in total. The minimum Gasteiger partial charge on any atom is -0.478 e. The fraction of sp³-hybridized carbons (Fsp3) is 0.615. The van der Waals surface area contributed by atoms with Gasteiger partial charge in [-0.3, -0.25) is 0 Å². The molecule has 0 spiro atoms. The SMILES string of the molecule is CCOCCNc1nnc(CC)c(CC)c1C(=O)O. The van der Waals surface area contributed by atoms with Crippen LogP contribution in [0.3, 0.4) is 0 Å². The van der Waals surface area contributed by atoms with Crippen molar-refractivity contribution >= 4 is 11.8 Å². The first-order chi connectivity index (χ1) is 9.15. The van der Waals surface area contributed by atoms with Gasteiger partial charge in [-0.15, -0.1) is 5.10 Å². The van der Waals surface area contributed by atoms with E-state index in [9.17, 15) is 9.90 Å². The molecule has 1 aromatic rings. The lowest BCUT2D eigenvalue weighted by Gasteiger charge is -2.13. The number of nitrogens with zero attached hydrogens (tertiary/aromatic N) is 2. The normalized spacial score (nSPS) is 10.5. The Kier molecular flexibility index (Phi) is 6.21. The molecule has 0 bridgehead atoms. The molecule has 0 aliphatic carbocycles. The summed E-state index contributed by atoms with van der Waals surface area (Å²) in [5, 5.41) is 20.4. The molecule has 1 aromatic heterocycles. The zero-order chi connectivity index (χ0) is 14.3. The number of aromatic carboxylic acids is 1. The molecule has 0 aliphatic heterocycles. The van der Waals surface area contributed by atoms with Gasteiger partial charge >= 0.3 is 5.97 Å². The van der Waals surface area contributed by atoms with Gasteiger partial charge in [-0.05, 0) is 25.3 Å². The number of aryl methyl sites for hydroxylation is 1. The van der Waals surface area contributed by atoms with Crippen molar-refractivity contribution in [2.75, 3.05) is 25.1 Å². The molecule has 0 fully saturated rings. The van der Waals surface area contributed by atoms with Crippen molar-refractivity contribution in [2.45, 2.75) is 33.6 Å². The molecule has 19 heavy (non-hydrogen) atoms. The summed E-state index contributed by atoms with van der Waals surface area (Å²) in [6.07, 6.45) is 1.30. The summed E-state index contributed by atoms with van der Waals surface area (Å²) in [6.45, 7) is 7.43. The Balaban J connectivity index is 3.00. The summed E-state index contributed by atoms with van der Waals surface area (Å²) in [4.78, 5) is 11.4. The van der Waals surface area contributed by atoms with Crippen molar-refractivity contribution in [3.05, 3.63) is 16.8 Å². The molecule has 0 saturated heterocycles. The number of anilines is 1. The smallest absolute Gasteiger partial charge is 0.339 e. The topological polar surface area (TPSA) is 84.3 Å². The fourth-order valence-electron chi connectivity index (χ4n) is 1.91. The average molecular weight is 267 g/mol. The van der Waals surface area contributed by atoms with Gasteiger partial charge in [0.05, 0.1) is 12.3 Å². The van der Waals surface area contributed by atoms with Crippen LogP contribution in [0.2, 0.25) is 0 Å². The summed E-state index contributed by atoms with van der Waals surface area (Å²) < 4.78 is 5.20. The van der Waals surface area contributed by atoms with Crippen molar-refractivity contribution in [3.8, 4) is 0 Å². The lowest BCUT2D eigenvalue weighted by Crippen LogP contribution is -2.17. The second kappa shape index (κ2) is 7.68. The number of hydrogen-bond donors (Lipinski definition) is 2. The summed E-state index contributed by atoms with van der Waals surface area (Å²) in [5.41, 5.74) is 1.73. The maximum atomic E-state index is 11.4. The zero-order valence-electron chi connectivity index (χ0n) is 11.7. The van der Waals surface area contributed by atoms with E-state index in [0.717, 1.165) is 11.3 Å². The first-order valence-electron chi connectivity index (χ1n) is 6.58. The molecule has 0 saturated carbocycles. The zero-order valence-corrected chi connectivity index (χ0v) is 11.7. The van der Waals surface area contributed by atoms with Crippen LogP contribution < -0.4 is 5.32 Å². The predicted octanol–water partition coefficient (Wildman–Crippen LogP) is 1.75. The van der Waals surface area contributed by atoms with Gasteiger partial charge in [-0.25, -0.2) is 4.79 Å². The molecule has 0 radical (unpaired) electrons. The molecule has 1 rings (SSSR count). The van der Waals surface area contributed by atoms with Crippen LogP contribution in [0.15, 0.2) is 0 Å². The first kappa shape index (κ1) is 15.4. The van der Waals surface area contributed by atoms with Crippen LogP contribution >= 0.6 is 0 Å². The highest BCUT2D eigenvalue weighted by molar-refractivity contribution is 5.95. The average Bonchev–Trinajstić information content (AvgIpc) is 2.42. The minimum absolute atomic E-state index is 0.228. The number of aromatic nitrogens is 2. The molecule has 0 aliphatic rings. The molecule has 6 heteroatoms. The monoisotopic (exact) mass is 267 g/mol. The van der Waals surface area contributed by atoms with Crippen LogP contribution in [0.5, 0.6) is 0 Å². The van der Waals surface area contributed by atoms with E-state index >= 15 is 0 Å². The molecule has 0 amide bonds. The third-order valence-electron chi connectivity index (χ3n) is 2.80. The Labute approximate surface area is 113 Å². The Morgan fingerprint density at radius 3 is 2.53 bits per heavy atom. The van der Waals surface area contributed by atoms with Gasteiger partial charge in [0, 0.05) is 13.2 Å². The minimum atomic E-state index is -0.972. The number of nitrogens with one attached hydrogen (secondary N) is 1. The molecule has 2 N–H and O–H groups in total. The van der Waals surface area contributed by atoms with Crippen molar-refractivity contribution in [1.82, 2.24) is 10.2 Å². The highest BCUT2D eigenvalue weighted by Gasteiger charge is 2.19. The first-order valence-corrected chi connectivity index (χ1v) is 6.58. The van der Waals surface area contributed by atoms with Crippen molar-refractivity contribution < 1.29 is 14.6 Å². The number of ether oxygens (including phenoxy) is 1. The van der Waals surface area contributed by atoms with E-state index in [-0.39, 0.29) is 5.56 Å². The summed E-state index contributed by atoms with van der Waals surface area (Å²) in [7, 11) is 0. The number of carboxylic acids is 1. The second-order valence-corrected chi connectivity index (χ2v) is 3.98. The van der Waals surface area contributed by atoms with Gasteiger partial charge in [0.15, 0.2) is 5.82 Å². The van der Waals surface area contributed by atoms with E-state index in [1.807, 2.05) is 20.8 Å². The van der Waals surface area contributed by atoms with Crippen molar-refractivity contribution in [1.29, 1.82) is 0 Å². The standard InChI is InChI=1S/C13H21N3O3/c1-4-9-10(5-2)15-16-12(11(9)13(17)18)14-7-8-19-6-3/h4-8H2,1-3H3,(H,14,16)(H,17,18). The van der Waals surface area contributed by atoms with E-state index < -0.39 is 5.97 Å². The van der Waals surface area contributed by atoms with Crippen LogP contribution in [0, 0.1) is 0 Å². The maximum Gasteiger partial charge on any atom is 0.339 e. The third-order valence-corrected chi connectivity index (χ3v) is 2.80. The Morgan fingerprint density at radius 1 is 1.26 bits per heavy atom. The Morgan fingerprint density at radius 2 is 2.00 bits per heavy atom.